The van der Waals surface area contributed by atoms with Crippen LogP contribution in [0.4, 0.5) is 9.52 Å². The van der Waals surface area contributed by atoms with E-state index in [0.29, 0.717) is 26.2 Å². The molecule has 3 heterocycles. The third-order valence-electron chi connectivity index (χ3n) is 7.92. The summed E-state index contributed by atoms with van der Waals surface area (Å²) >= 11 is 14.4. The van der Waals surface area contributed by atoms with Crippen molar-refractivity contribution in [1.29, 1.82) is 0 Å². The summed E-state index contributed by atoms with van der Waals surface area (Å²) in [5.41, 5.74) is 3.97. The number of nitrogens with zero attached hydrogens (tertiary/aromatic N) is 3. The van der Waals surface area contributed by atoms with E-state index in [0.717, 1.165) is 73.4 Å². The number of halogens is 3. The van der Waals surface area contributed by atoms with Crippen LogP contribution < -0.4 is 4.90 Å². The monoisotopic (exact) mass is 569 g/mol. The van der Waals surface area contributed by atoms with Crippen LogP contribution in [0.3, 0.4) is 0 Å². The summed E-state index contributed by atoms with van der Waals surface area (Å²) < 4.78 is 20.9. The number of carbonyl (C=O) groups is 1. The van der Waals surface area contributed by atoms with Gasteiger partial charge < -0.3 is 14.5 Å². The SMILES string of the molecule is O=C(O)c1cc(F)c2nc(N3CCC4(C=C(c5c(-c6c(Cl)cccc6Cl)noc5C5CC5)C4)CC3)sc2c1. The van der Waals surface area contributed by atoms with Crippen LogP contribution >= 0.6 is 34.5 Å². The van der Waals surface area contributed by atoms with Gasteiger partial charge in [-0.05, 0) is 67.4 Å². The van der Waals surface area contributed by atoms with E-state index in [1.165, 1.54) is 23.0 Å². The zero-order valence-electron chi connectivity index (χ0n) is 20.1. The zero-order chi connectivity index (χ0) is 26.2. The Hall–Kier alpha value is -2.94. The van der Waals surface area contributed by atoms with Crippen molar-refractivity contribution in [2.24, 2.45) is 5.41 Å². The van der Waals surface area contributed by atoms with Gasteiger partial charge in [-0.25, -0.2) is 14.2 Å². The number of hydrogen-bond acceptors (Lipinski definition) is 6. The Bertz CT molecular complexity index is 1630. The molecule has 7 rings (SSSR count). The minimum atomic E-state index is -1.15. The fourth-order valence-electron chi connectivity index (χ4n) is 5.71. The van der Waals surface area contributed by atoms with E-state index in [9.17, 15) is 14.3 Å². The number of rotatable bonds is 5. The first kappa shape index (κ1) is 24.1. The number of carboxylic acid groups (broad SMARTS) is 1. The van der Waals surface area contributed by atoms with Crippen molar-refractivity contribution in [3.8, 4) is 11.3 Å². The molecule has 0 bridgehead atoms. The summed E-state index contributed by atoms with van der Waals surface area (Å²) in [6, 6.07) is 7.99. The number of hydrogen-bond donors (Lipinski definition) is 1. The van der Waals surface area contributed by atoms with Gasteiger partial charge in [0.15, 0.2) is 10.9 Å². The zero-order valence-corrected chi connectivity index (χ0v) is 22.5. The number of benzene rings is 2. The Morgan fingerprint density at radius 3 is 2.53 bits per heavy atom. The van der Waals surface area contributed by atoms with Crippen molar-refractivity contribution in [2.45, 2.75) is 38.0 Å². The summed E-state index contributed by atoms with van der Waals surface area (Å²) in [5, 5.41) is 15.5. The molecular weight excluding hydrogens is 548 g/mol. The Balaban J connectivity index is 1.14. The fourth-order valence-corrected chi connectivity index (χ4v) is 7.36. The van der Waals surface area contributed by atoms with Crippen LogP contribution in [0.5, 0.6) is 0 Å². The lowest BCUT2D eigenvalue weighted by atomic mass is 9.63. The third kappa shape index (κ3) is 3.92. The molecule has 1 saturated carbocycles. The first-order valence-corrected chi connectivity index (χ1v) is 14.1. The summed E-state index contributed by atoms with van der Waals surface area (Å²) in [4.78, 5) is 18.0. The summed E-state index contributed by atoms with van der Waals surface area (Å²) in [6.07, 6.45) is 7.38. The van der Waals surface area contributed by atoms with Crippen LogP contribution in [-0.2, 0) is 0 Å². The maximum Gasteiger partial charge on any atom is 0.335 e. The largest absolute Gasteiger partial charge is 0.478 e. The lowest BCUT2D eigenvalue weighted by Gasteiger charge is -2.46. The number of piperidine rings is 1. The van der Waals surface area contributed by atoms with Gasteiger partial charge in [0.25, 0.3) is 0 Å². The minimum Gasteiger partial charge on any atom is -0.478 e. The molecule has 3 aliphatic rings. The minimum absolute atomic E-state index is 0.0633. The van der Waals surface area contributed by atoms with Crippen LogP contribution in [0.1, 0.15) is 59.7 Å². The average molecular weight is 570 g/mol. The molecule has 0 amide bonds. The van der Waals surface area contributed by atoms with Crippen LogP contribution in [0.2, 0.25) is 10.0 Å². The Morgan fingerprint density at radius 2 is 1.87 bits per heavy atom. The van der Waals surface area contributed by atoms with E-state index in [2.05, 4.69) is 21.1 Å². The van der Waals surface area contributed by atoms with Crippen molar-refractivity contribution < 1.29 is 18.8 Å². The predicted molar refractivity (Wildman–Crippen MR) is 147 cm³/mol. The highest BCUT2D eigenvalue weighted by Gasteiger charge is 2.44. The molecule has 1 spiro atoms. The van der Waals surface area contributed by atoms with E-state index in [-0.39, 0.29) is 16.5 Å². The molecular formula is C28H22Cl2FN3O3S. The van der Waals surface area contributed by atoms with Crippen molar-refractivity contribution in [3.63, 3.8) is 0 Å². The molecule has 10 heteroatoms. The van der Waals surface area contributed by atoms with Gasteiger partial charge in [-0.2, -0.15) is 0 Å². The van der Waals surface area contributed by atoms with Crippen LogP contribution in [-0.4, -0.2) is 34.3 Å². The van der Waals surface area contributed by atoms with Gasteiger partial charge in [-0.3, -0.25) is 0 Å². The Labute approximate surface area is 231 Å². The molecule has 0 atom stereocenters. The van der Waals surface area contributed by atoms with E-state index < -0.39 is 11.8 Å². The first-order valence-electron chi connectivity index (χ1n) is 12.6. The highest BCUT2D eigenvalue weighted by molar-refractivity contribution is 7.22. The number of anilines is 1. The van der Waals surface area contributed by atoms with Crippen LogP contribution in [0, 0.1) is 11.2 Å². The first-order chi connectivity index (χ1) is 18.3. The third-order valence-corrected chi connectivity index (χ3v) is 9.62. The molecule has 2 aliphatic carbocycles. The van der Waals surface area contributed by atoms with Crippen molar-refractivity contribution >= 4 is 61.4 Å². The molecule has 2 fully saturated rings. The molecule has 0 radical (unpaired) electrons. The number of carboxylic acids is 1. The van der Waals surface area contributed by atoms with Gasteiger partial charge in [0.1, 0.15) is 17.0 Å². The van der Waals surface area contributed by atoms with Gasteiger partial charge >= 0.3 is 5.97 Å². The van der Waals surface area contributed by atoms with Crippen molar-refractivity contribution in [1.82, 2.24) is 10.1 Å². The second-order valence-corrected chi connectivity index (χ2v) is 12.3. The summed E-state index contributed by atoms with van der Waals surface area (Å²) in [5.74, 6) is -0.414. The smallest absolute Gasteiger partial charge is 0.335 e. The van der Waals surface area contributed by atoms with E-state index in [1.807, 2.05) is 18.2 Å². The normalized spacial score (nSPS) is 18.6. The Kier molecular flexibility index (Phi) is 5.58. The fraction of sp³-hybridized carbons (Fsp3) is 0.321. The molecule has 1 saturated heterocycles. The van der Waals surface area contributed by atoms with E-state index in [1.54, 1.807) is 0 Å². The number of allylic oxidation sites excluding steroid dienone is 2. The summed E-state index contributed by atoms with van der Waals surface area (Å²) in [7, 11) is 0. The molecule has 4 aromatic rings. The number of aromatic nitrogens is 2. The highest BCUT2D eigenvalue weighted by atomic mass is 35.5. The summed E-state index contributed by atoms with van der Waals surface area (Å²) in [6.45, 7) is 1.58. The van der Waals surface area contributed by atoms with E-state index in [4.69, 9.17) is 27.7 Å². The maximum absolute atomic E-state index is 14.5. The molecule has 2 aromatic heterocycles. The van der Waals surface area contributed by atoms with Crippen molar-refractivity contribution in [2.75, 3.05) is 18.0 Å². The molecule has 1 N–H and O–H groups in total. The predicted octanol–water partition coefficient (Wildman–Crippen LogP) is 8.05. The quantitative estimate of drug-likeness (QED) is 0.262. The molecule has 2 aromatic carbocycles. The van der Waals surface area contributed by atoms with Crippen molar-refractivity contribution in [3.05, 3.63) is 69.2 Å². The molecule has 1 aliphatic heterocycles. The van der Waals surface area contributed by atoms with Gasteiger partial charge in [0.2, 0.25) is 0 Å². The lowest BCUT2D eigenvalue weighted by molar-refractivity contribution is 0.0696. The maximum atomic E-state index is 14.5. The lowest BCUT2D eigenvalue weighted by Crippen LogP contribution is -2.42. The highest BCUT2D eigenvalue weighted by Crippen LogP contribution is 2.56. The van der Waals surface area contributed by atoms with Gasteiger partial charge in [-0.1, -0.05) is 51.8 Å². The second-order valence-electron chi connectivity index (χ2n) is 10.4. The molecule has 6 nitrogen and oxygen atoms in total. The Morgan fingerprint density at radius 1 is 1.16 bits per heavy atom. The number of aromatic carboxylic acids is 1. The number of thiazole rings is 1. The molecule has 38 heavy (non-hydrogen) atoms. The van der Waals surface area contributed by atoms with Gasteiger partial charge in [-0.15, -0.1) is 0 Å². The average Bonchev–Trinajstić information content (AvgIpc) is 3.47. The van der Waals surface area contributed by atoms with Crippen LogP contribution in [0.15, 0.2) is 40.9 Å². The topological polar surface area (TPSA) is 79.5 Å². The molecule has 0 unspecified atom stereocenters. The van der Waals surface area contributed by atoms with E-state index >= 15 is 0 Å². The standard InChI is InChI=1S/C28H22Cl2FN3O3S/c29-17-2-1-3-18(30)22(17)24-21(25(37-33-24)14-4-5-14)16-12-28(13-16)6-8-34(9-7-28)27-32-23-19(31)10-15(26(35)36)11-20(23)38-27/h1-3,10-12,14H,4-9,13H2,(H,35,36). The van der Waals surface area contributed by atoms with Gasteiger partial charge in [0.05, 0.1) is 20.3 Å². The number of fused-ring (bicyclic) bond motifs is 1. The second kappa shape index (κ2) is 8.79. The van der Waals surface area contributed by atoms with Gasteiger partial charge in [0, 0.05) is 30.1 Å². The molecule has 194 valence electrons. The van der Waals surface area contributed by atoms with Crippen LogP contribution in [0.25, 0.3) is 27.0 Å².